The molecule has 0 fully saturated rings. The van der Waals surface area contributed by atoms with E-state index >= 15 is 0 Å². The van der Waals surface area contributed by atoms with E-state index in [9.17, 15) is 9.59 Å². The molecule has 0 unspecified atom stereocenters. The predicted molar refractivity (Wildman–Crippen MR) is 94.3 cm³/mol. The van der Waals surface area contributed by atoms with Gasteiger partial charge in [0.25, 0.3) is 0 Å². The van der Waals surface area contributed by atoms with Crippen LogP contribution in [0, 0.1) is 0 Å². The Morgan fingerprint density at radius 2 is 1.64 bits per heavy atom. The lowest BCUT2D eigenvalue weighted by atomic mass is 10.1. The lowest BCUT2D eigenvalue weighted by Gasteiger charge is -2.10. The van der Waals surface area contributed by atoms with Gasteiger partial charge in [-0.1, -0.05) is 6.07 Å². The minimum Gasteiger partial charge on any atom is -0.493 e. The molecule has 0 aliphatic carbocycles. The molecule has 0 aromatic heterocycles. The largest absolute Gasteiger partial charge is 0.493 e. The van der Waals surface area contributed by atoms with Crippen molar-refractivity contribution in [3.05, 3.63) is 53.6 Å². The molecule has 6 nitrogen and oxygen atoms in total. The highest BCUT2D eigenvalue weighted by molar-refractivity contribution is 5.94. The fourth-order valence-corrected chi connectivity index (χ4v) is 2.29. The third kappa shape index (κ3) is 4.97. The highest BCUT2D eigenvalue weighted by Crippen LogP contribution is 2.27. The summed E-state index contributed by atoms with van der Waals surface area (Å²) in [6.45, 7) is 2.07. The number of hydrogen-bond acceptors (Lipinski definition) is 5. The van der Waals surface area contributed by atoms with Crippen LogP contribution in [0.2, 0.25) is 0 Å². The van der Waals surface area contributed by atoms with E-state index in [0.29, 0.717) is 29.4 Å². The maximum absolute atomic E-state index is 12.2. The van der Waals surface area contributed by atoms with Crippen LogP contribution in [-0.2, 0) is 16.0 Å². The molecule has 2 aromatic carbocycles. The number of benzene rings is 2. The Labute approximate surface area is 146 Å². The summed E-state index contributed by atoms with van der Waals surface area (Å²) in [4.78, 5) is 23.8. The first-order valence-electron chi connectivity index (χ1n) is 7.85. The molecule has 2 aromatic rings. The molecule has 25 heavy (non-hydrogen) atoms. The minimum absolute atomic E-state index is 0.170. The van der Waals surface area contributed by atoms with Gasteiger partial charge in [0.1, 0.15) is 0 Å². The molecule has 2 rings (SSSR count). The van der Waals surface area contributed by atoms with E-state index in [0.717, 1.165) is 5.56 Å². The van der Waals surface area contributed by atoms with E-state index in [4.69, 9.17) is 14.2 Å². The number of nitrogens with one attached hydrogen (secondary N) is 1. The van der Waals surface area contributed by atoms with Gasteiger partial charge in [0.05, 0.1) is 32.8 Å². The molecule has 1 amide bonds. The highest BCUT2D eigenvalue weighted by Gasteiger charge is 2.10. The van der Waals surface area contributed by atoms with E-state index in [1.165, 1.54) is 0 Å². The first-order valence-corrected chi connectivity index (χ1v) is 7.85. The summed E-state index contributed by atoms with van der Waals surface area (Å²) in [6.07, 6.45) is 0.194. The number of ether oxygens (including phenoxy) is 3. The second kappa shape index (κ2) is 8.73. The average molecular weight is 343 g/mol. The smallest absolute Gasteiger partial charge is 0.338 e. The lowest BCUT2D eigenvalue weighted by Crippen LogP contribution is -2.14. The summed E-state index contributed by atoms with van der Waals surface area (Å²) in [5.41, 5.74) is 1.86. The molecular formula is C19H21NO5. The van der Waals surface area contributed by atoms with Crippen molar-refractivity contribution in [2.45, 2.75) is 13.3 Å². The number of amides is 1. The number of carbonyl (C=O) groups is 2. The maximum Gasteiger partial charge on any atom is 0.338 e. The fourth-order valence-electron chi connectivity index (χ4n) is 2.29. The second-order valence-corrected chi connectivity index (χ2v) is 5.21. The standard InChI is InChI=1S/C19H21NO5/c1-4-25-19(22)14-6-8-15(9-7-14)20-18(21)12-13-5-10-16(23-2)17(11-13)24-3/h5-11H,4,12H2,1-3H3,(H,20,21). The zero-order chi connectivity index (χ0) is 18.2. The zero-order valence-electron chi connectivity index (χ0n) is 14.5. The Balaban J connectivity index is 1.99. The fraction of sp³-hybridized carbons (Fsp3) is 0.263. The Kier molecular flexibility index (Phi) is 6.39. The van der Waals surface area contributed by atoms with Crippen LogP contribution < -0.4 is 14.8 Å². The monoisotopic (exact) mass is 343 g/mol. The summed E-state index contributed by atoms with van der Waals surface area (Å²) < 4.78 is 15.3. The first kappa shape index (κ1) is 18.3. The molecule has 0 saturated carbocycles. The van der Waals surface area contributed by atoms with Gasteiger partial charge in [0.2, 0.25) is 5.91 Å². The molecule has 1 N–H and O–H groups in total. The number of carbonyl (C=O) groups excluding carboxylic acids is 2. The van der Waals surface area contributed by atoms with Gasteiger partial charge in [0, 0.05) is 5.69 Å². The Hall–Kier alpha value is -3.02. The van der Waals surface area contributed by atoms with E-state index in [1.54, 1.807) is 57.5 Å². The van der Waals surface area contributed by atoms with Crippen molar-refractivity contribution in [1.82, 2.24) is 0 Å². The molecule has 132 valence electrons. The average Bonchev–Trinajstić information content (AvgIpc) is 2.62. The van der Waals surface area contributed by atoms with Gasteiger partial charge in [-0.25, -0.2) is 4.79 Å². The minimum atomic E-state index is -0.384. The second-order valence-electron chi connectivity index (χ2n) is 5.21. The number of esters is 1. The van der Waals surface area contributed by atoms with Crippen molar-refractivity contribution in [1.29, 1.82) is 0 Å². The highest BCUT2D eigenvalue weighted by atomic mass is 16.5. The summed E-state index contributed by atoms with van der Waals surface area (Å²) in [5, 5.41) is 2.79. The molecule has 0 atom stereocenters. The third-order valence-corrected chi connectivity index (χ3v) is 3.49. The van der Waals surface area contributed by atoms with Gasteiger partial charge < -0.3 is 19.5 Å². The molecule has 0 spiro atoms. The van der Waals surface area contributed by atoms with E-state index in [1.807, 2.05) is 6.07 Å². The van der Waals surface area contributed by atoms with Crippen LogP contribution in [-0.4, -0.2) is 32.7 Å². The molecule has 6 heteroatoms. The Morgan fingerprint density at radius 3 is 2.24 bits per heavy atom. The zero-order valence-corrected chi connectivity index (χ0v) is 14.5. The van der Waals surface area contributed by atoms with Crippen LogP contribution in [0.4, 0.5) is 5.69 Å². The van der Waals surface area contributed by atoms with Crippen molar-refractivity contribution in [3.63, 3.8) is 0 Å². The van der Waals surface area contributed by atoms with Gasteiger partial charge >= 0.3 is 5.97 Å². The predicted octanol–water partition coefficient (Wildman–Crippen LogP) is 3.06. The van der Waals surface area contributed by atoms with Crippen LogP contribution in [0.25, 0.3) is 0 Å². The van der Waals surface area contributed by atoms with E-state index in [-0.39, 0.29) is 18.3 Å². The van der Waals surface area contributed by atoms with Gasteiger partial charge in [-0.2, -0.15) is 0 Å². The van der Waals surface area contributed by atoms with Gasteiger partial charge in [-0.05, 0) is 48.9 Å². The molecule has 0 radical (unpaired) electrons. The van der Waals surface area contributed by atoms with Crippen molar-refractivity contribution in [2.75, 3.05) is 26.1 Å². The number of anilines is 1. The summed E-state index contributed by atoms with van der Waals surface area (Å²) in [5.74, 6) is 0.634. The Morgan fingerprint density at radius 1 is 0.960 bits per heavy atom. The van der Waals surface area contributed by atoms with E-state index < -0.39 is 0 Å². The van der Waals surface area contributed by atoms with Gasteiger partial charge in [-0.15, -0.1) is 0 Å². The Bertz CT molecular complexity index is 740. The van der Waals surface area contributed by atoms with Crippen LogP contribution in [0.5, 0.6) is 11.5 Å². The van der Waals surface area contributed by atoms with Crippen LogP contribution in [0.15, 0.2) is 42.5 Å². The van der Waals surface area contributed by atoms with E-state index in [2.05, 4.69) is 5.32 Å². The van der Waals surface area contributed by atoms with Gasteiger partial charge in [0.15, 0.2) is 11.5 Å². The molecule has 0 bridgehead atoms. The number of rotatable bonds is 7. The number of hydrogen-bond donors (Lipinski definition) is 1. The van der Waals surface area contributed by atoms with Crippen LogP contribution in [0.3, 0.4) is 0 Å². The molecular weight excluding hydrogens is 322 g/mol. The normalized spacial score (nSPS) is 10.0. The van der Waals surface area contributed by atoms with Crippen LogP contribution >= 0.6 is 0 Å². The quantitative estimate of drug-likeness (QED) is 0.782. The van der Waals surface area contributed by atoms with Crippen molar-refractivity contribution >= 4 is 17.6 Å². The SMILES string of the molecule is CCOC(=O)c1ccc(NC(=O)Cc2ccc(OC)c(OC)c2)cc1. The lowest BCUT2D eigenvalue weighted by molar-refractivity contribution is -0.115. The van der Waals surface area contributed by atoms with Gasteiger partial charge in [-0.3, -0.25) is 4.79 Å². The van der Waals surface area contributed by atoms with Crippen molar-refractivity contribution in [3.8, 4) is 11.5 Å². The topological polar surface area (TPSA) is 73.9 Å². The molecule has 0 heterocycles. The van der Waals surface area contributed by atoms with Crippen molar-refractivity contribution < 1.29 is 23.8 Å². The third-order valence-electron chi connectivity index (χ3n) is 3.49. The maximum atomic E-state index is 12.2. The van der Waals surface area contributed by atoms with Crippen molar-refractivity contribution in [2.24, 2.45) is 0 Å². The molecule has 0 aliphatic rings. The van der Waals surface area contributed by atoms with Crippen LogP contribution in [0.1, 0.15) is 22.8 Å². The number of methoxy groups -OCH3 is 2. The molecule has 0 aliphatic heterocycles. The summed E-state index contributed by atoms with van der Waals surface area (Å²) >= 11 is 0. The summed E-state index contributed by atoms with van der Waals surface area (Å²) in [6, 6.07) is 11.9. The first-order chi connectivity index (χ1) is 12.1. The summed E-state index contributed by atoms with van der Waals surface area (Å²) in [7, 11) is 3.11. The molecule has 0 saturated heterocycles.